The van der Waals surface area contributed by atoms with Gasteiger partial charge in [-0.3, -0.25) is 4.79 Å². The lowest BCUT2D eigenvalue weighted by Crippen LogP contribution is -2.41. The van der Waals surface area contributed by atoms with Gasteiger partial charge < -0.3 is 9.64 Å². The maximum absolute atomic E-state index is 13.5. The summed E-state index contributed by atoms with van der Waals surface area (Å²) >= 11 is 1.76. The first-order valence-corrected chi connectivity index (χ1v) is 7.96. The zero-order valence-corrected chi connectivity index (χ0v) is 13.0. The minimum absolute atomic E-state index is 0.101. The maximum atomic E-state index is 13.5. The van der Waals surface area contributed by atoms with E-state index in [2.05, 4.69) is 6.92 Å². The fourth-order valence-electron chi connectivity index (χ4n) is 2.40. The molecule has 0 aromatic heterocycles. The van der Waals surface area contributed by atoms with Crippen LogP contribution in [0.15, 0.2) is 53.4 Å². The fourth-order valence-corrected chi connectivity index (χ4v) is 3.52. The third kappa shape index (κ3) is 3.09. The standard InChI is InChI=1S/C17H16FNO2S/c1-12-10-19(14-7-3-5-9-16(14)22-12)17(20)11-21-15-8-4-2-6-13(15)18/h2-9,12H,10-11H2,1H3. The van der Waals surface area contributed by atoms with E-state index in [9.17, 15) is 9.18 Å². The molecule has 0 aliphatic carbocycles. The number of rotatable bonds is 3. The number of benzene rings is 2. The summed E-state index contributed by atoms with van der Waals surface area (Å²) in [6.07, 6.45) is 0. The van der Waals surface area contributed by atoms with Crippen molar-refractivity contribution in [3.8, 4) is 5.75 Å². The van der Waals surface area contributed by atoms with Gasteiger partial charge in [-0.25, -0.2) is 4.39 Å². The molecule has 3 rings (SSSR count). The van der Waals surface area contributed by atoms with E-state index in [0.717, 1.165) is 10.6 Å². The van der Waals surface area contributed by atoms with Gasteiger partial charge in [0.2, 0.25) is 0 Å². The number of hydrogen-bond acceptors (Lipinski definition) is 3. The molecule has 2 aromatic rings. The van der Waals surface area contributed by atoms with Crippen LogP contribution in [-0.2, 0) is 4.79 Å². The van der Waals surface area contributed by atoms with E-state index in [1.165, 1.54) is 12.1 Å². The van der Waals surface area contributed by atoms with Crippen LogP contribution in [0.4, 0.5) is 10.1 Å². The molecule has 1 heterocycles. The van der Waals surface area contributed by atoms with Crippen LogP contribution in [0.3, 0.4) is 0 Å². The lowest BCUT2D eigenvalue weighted by atomic mass is 10.2. The first-order valence-electron chi connectivity index (χ1n) is 7.08. The monoisotopic (exact) mass is 317 g/mol. The summed E-state index contributed by atoms with van der Waals surface area (Å²) in [7, 11) is 0. The van der Waals surface area contributed by atoms with E-state index in [1.54, 1.807) is 28.8 Å². The van der Waals surface area contributed by atoms with Crippen LogP contribution in [0.25, 0.3) is 0 Å². The number of carbonyl (C=O) groups excluding carboxylic acids is 1. The quantitative estimate of drug-likeness (QED) is 0.864. The summed E-state index contributed by atoms with van der Waals surface area (Å²) in [5.41, 5.74) is 0.896. The number of fused-ring (bicyclic) bond motifs is 1. The van der Waals surface area contributed by atoms with Gasteiger partial charge in [0.1, 0.15) is 0 Å². The Hall–Kier alpha value is -2.01. The largest absolute Gasteiger partial charge is 0.481 e. The lowest BCUT2D eigenvalue weighted by Gasteiger charge is -2.32. The smallest absolute Gasteiger partial charge is 0.264 e. The summed E-state index contributed by atoms with van der Waals surface area (Å²) in [4.78, 5) is 15.3. The number of ether oxygens (including phenoxy) is 1. The third-order valence-electron chi connectivity index (χ3n) is 3.41. The van der Waals surface area contributed by atoms with Crippen LogP contribution in [0.5, 0.6) is 5.75 Å². The SMILES string of the molecule is CC1CN(C(=O)COc2ccccc2F)c2ccccc2S1. The Labute approximate surface area is 133 Å². The molecule has 1 aliphatic heterocycles. The van der Waals surface area contributed by atoms with Crippen molar-refractivity contribution in [2.75, 3.05) is 18.1 Å². The number of carbonyl (C=O) groups is 1. The molecule has 1 amide bonds. The average molecular weight is 317 g/mol. The normalized spacial score (nSPS) is 17.0. The van der Waals surface area contributed by atoms with Crippen LogP contribution in [0, 0.1) is 5.82 Å². The first-order chi connectivity index (χ1) is 10.6. The fraction of sp³-hybridized carbons (Fsp3) is 0.235. The van der Waals surface area contributed by atoms with Gasteiger partial charge in [0.05, 0.1) is 5.69 Å². The molecule has 2 aromatic carbocycles. The van der Waals surface area contributed by atoms with Gasteiger partial charge in [0, 0.05) is 16.7 Å². The van der Waals surface area contributed by atoms with Gasteiger partial charge in [-0.05, 0) is 24.3 Å². The number of amides is 1. The third-order valence-corrected chi connectivity index (χ3v) is 4.56. The second kappa shape index (κ2) is 6.40. The Morgan fingerprint density at radius 2 is 2.00 bits per heavy atom. The zero-order valence-electron chi connectivity index (χ0n) is 12.2. The minimum Gasteiger partial charge on any atom is -0.481 e. The molecule has 0 radical (unpaired) electrons. The molecular weight excluding hydrogens is 301 g/mol. The summed E-state index contributed by atoms with van der Waals surface area (Å²) in [6, 6.07) is 13.9. The number of halogens is 1. The number of thioether (sulfide) groups is 1. The Balaban J connectivity index is 1.74. The van der Waals surface area contributed by atoms with E-state index >= 15 is 0 Å². The molecule has 1 aliphatic rings. The molecule has 22 heavy (non-hydrogen) atoms. The molecule has 114 valence electrons. The lowest BCUT2D eigenvalue weighted by molar-refractivity contribution is -0.120. The molecule has 0 bridgehead atoms. The van der Waals surface area contributed by atoms with Crippen molar-refractivity contribution in [1.82, 2.24) is 0 Å². The van der Waals surface area contributed by atoms with Gasteiger partial charge in [-0.1, -0.05) is 31.2 Å². The molecule has 0 saturated heterocycles. The molecular formula is C17H16FNO2S. The second-order valence-corrected chi connectivity index (χ2v) is 6.60. The molecule has 1 atom stereocenters. The highest BCUT2D eigenvalue weighted by atomic mass is 32.2. The van der Waals surface area contributed by atoms with Crippen LogP contribution in [-0.4, -0.2) is 24.3 Å². The molecule has 1 unspecified atom stereocenters. The molecule has 5 heteroatoms. The molecule has 0 saturated carbocycles. The highest BCUT2D eigenvalue weighted by Crippen LogP contribution is 2.38. The second-order valence-electron chi connectivity index (χ2n) is 5.12. The Bertz CT molecular complexity index is 692. The molecule has 3 nitrogen and oxygen atoms in total. The number of anilines is 1. The van der Waals surface area contributed by atoms with Crippen molar-refractivity contribution in [3.05, 3.63) is 54.3 Å². The van der Waals surface area contributed by atoms with Gasteiger partial charge in [0.15, 0.2) is 18.2 Å². The summed E-state index contributed by atoms with van der Waals surface area (Å²) in [5.74, 6) is -0.523. The Kier molecular flexibility index (Phi) is 4.34. The van der Waals surface area contributed by atoms with Crippen LogP contribution >= 0.6 is 11.8 Å². The highest BCUT2D eigenvalue weighted by molar-refractivity contribution is 8.00. The maximum Gasteiger partial charge on any atom is 0.264 e. The van der Waals surface area contributed by atoms with Crippen molar-refractivity contribution in [3.63, 3.8) is 0 Å². The van der Waals surface area contributed by atoms with Crippen molar-refractivity contribution in [2.45, 2.75) is 17.1 Å². The highest BCUT2D eigenvalue weighted by Gasteiger charge is 2.26. The number of hydrogen-bond donors (Lipinski definition) is 0. The van der Waals surface area contributed by atoms with Gasteiger partial charge >= 0.3 is 0 Å². The zero-order chi connectivity index (χ0) is 15.5. The predicted molar refractivity (Wildman–Crippen MR) is 86.0 cm³/mol. The summed E-state index contributed by atoms with van der Waals surface area (Å²) < 4.78 is 18.9. The van der Waals surface area contributed by atoms with E-state index in [4.69, 9.17) is 4.74 Å². The Morgan fingerprint density at radius 3 is 2.82 bits per heavy atom. The van der Waals surface area contributed by atoms with Crippen LogP contribution < -0.4 is 9.64 Å². The van der Waals surface area contributed by atoms with Crippen molar-refractivity contribution < 1.29 is 13.9 Å². The van der Waals surface area contributed by atoms with Crippen LogP contribution in [0.1, 0.15) is 6.92 Å². The molecule has 0 spiro atoms. The number of nitrogens with zero attached hydrogens (tertiary/aromatic N) is 1. The first kappa shape index (κ1) is 14.9. The van der Waals surface area contributed by atoms with Gasteiger partial charge in [0.25, 0.3) is 5.91 Å². The molecule has 0 fully saturated rings. The summed E-state index contributed by atoms with van der Waals surface area (Å²) in [6.45, 7) is 2.53. The Morgan fingerprint density at radius 1 is 1.27 bits per heavy atom. The summed E-state index contributed by atoms with van der Waals surface area (Å²) in [5, 5.41) is 0.312. The topological polar surface area (TPSA) is 29.5 Å². The number of para-hydroxylation sites is 2. The molecule has 0 N–H and O–H groups in total. The van der Waals surface area contributed by atoms with Gasteiger partial charge in [-0.2, -0.15) is 0 Å². The predicted octanol–water partition coefficient (Wildman–Crippen LogP) is 3.73. The van der Waals surface area contributed by atoms with Crippen molar-refractivity contribution in [1.29, 1.82) is 0 Å². The minimum atomic E-state index is -0.460. The van der Waals surface area contributed by atoms with E-state index in [-0.39, 0.29) is 18.3 Å². The van der Waals surface area contributed by atoms with Crippen molar-refractivity contribution >= 4 is 23.4 Å². The van der Waals surface area contributed by atoms with Crippen molar-refractivity contribution in [2.24, 2.45) is 0 Å². The van der Waals surface area contributed by atoms with E-state index in [0.29, 0.717) is 11.8 Å². The van der Waals surface area contributed by atoms with Gasteiger partial charge in [-0.15, -0.1) is 11.8 Å². The van der Waals surface area contributed by atoms with Crippen LogP contribution in [0.2, 0.25) is 0 Å². The average Bonchev–Trinajstić information content (AvgIpc) is 2.53. The van der Waals surface area contributed by atoms with E-state index in [1.807, 2.05) is 24.3 Å². The van der Waals surface area contributed by atoms with E-state index < -0.39 is 5.82 Å².